The first kappa shape index (κ1) is 12.3. The minimum atomic E-state index is 0.0580. The van der Waals surface area contributed by atoms with E-state index in [4.69, 9.17) is 9.47 Å². The number of hydrogen-bond donors (Lipinski definition) is 1. The number of fused-ring (bicyclic) bond motifs is 1. The summed E-state index contributed by atoms with van der Waals surface area (Å²) in [5.74, 6) is 1.75. The molecule has 0 radical (unpaired) electrons. The quantitative estimate of drug-likeness (QED) is 0.864. The molecule has 0 aliphatic carbocycles. The highest BCUT2D eigenvalue weighted by Gasteiger charge is 2.34. The minimum Gasteiger partial charge on any atom is -0.486 e. The molecule has 1 saturated heterocycles. The molecule has 18 heavy (non-hydrogen) atoms. The molecule has 4 heteroatoms. The van der Waals surface area contributed by atoms with Crippen molar-refractivity contribution in [2.45, 2.75) is 32.2 Å². The Hall–Kier alpha value is -0.740. The summed E-state index contributed by atoms with van der Waals surface area (Å²) in [5.41, 5.74) is 2.57. The van der Waals surface area contributed by atoms with E-state index in [2.05, 4.69) is 41.2 Å². The highest BCUT2D eigenvalue weighted by molar-refractivity contribution is 9.10. The van der Waals surface area contributed by atoms with Gasteiger partial charge in [0, 0.05) is 11.1 Å². The number of ether oxygens (including phenoxy) is 2. The van der Waals surface area contributed by atoms with E-state index in [9.17, 15) is 0 Å². The molecule has 2 aliphatic heterocycles. The molecule has 98 valence electrons. The zero-order valence-electron chi connectivity index (χ0n) is 10.8. The van der Waals surface area contributed by atoms with Crippen LogP contribution in [-0.2, 0) is 5.54 Å². The summed E-state index contributed by atoms with van der Waals surface area (Å²) in [7, 11) is 0. The van der Waals surface area contributed by atoms with E-state index in [1.807, 2.05) is 0 Å². The highest BCUT2D eigenvalue weighted by atomic mass is 79.9. The van der Waals surface area contributed by atoms with Gasteiger partial charge in [0.15, 0.2) is 11.5 Å². The molecule has 0 aromatic heterocycles. The lowest BCUT2D eigenvalue weighted by atomic mass is 9.87. The molecule has 2 aliphatic rings. The fraction of sp³-hybridized carbons (Fsp3) is 0.571. The van der Waals surface area contributed by atoms with Gasteiger partial charge in [-0.05, 0) is 60.8 Å². The second-order valence-electron chi connectivity index (χ2n) is 5.25. The summed E-state index contributed by atoms with van der Waals surface area (Å²) in [6.07, 6.45) is 2.39. The topological polar surface area (TPSA) is 30.5 Å². The van der Waals surface area contributed by atoms with Gasteiger partial charge in [0.2, 0.25) is 0 Å². The Balaban J connectivity index is 2.13. The maximum Gasteiger partial charge on any atom is 0.175 e. The van der Waals surface area contributed by atoms with E-state index in [0.29, 0.717) is 13.2 Å². The van der Waals surface area contributed by atoms with Gasteiger partial charge in [-0.3, -0.25) is 0 Å². The Morgan fingerprint density at radius 2 is 2.00 bits per heavy atom. The molecule has 1 aromatic carbocycles. The summed E-state index contributed by atoms with van der Waals surface area (Å²) < 4.78 is 12.5. The second kappa shape index (κ2) is 4.42. The van der Waals surface area contributed by atoms with E-state index < -0.39 is 0 Å². The van der Waals surface area contributed by atoms with E-state index in [-0.39, 0.29) is 5.54 Å². The van der Waals surface area contributed by atoms with Crippen LogP contribution in [0.5, 0.6) is 11.5 Å². The van der Waals surface area contributed by atoms with Crippen molar-refractivity contribution in [3.63, 3.8) is 0 Å². The van der Waals surface area contributed by atoms with Gasteiger partial charge in [-0.25, -0.2) is 0 Å². The smallest absolute Gasteiger partial charge is 0.175 e. The predicted octanol–water partition coefficient (Wildman–Crippen LogP) is 3.13. The summed E-state index contributed by atoms with van der Waals surface area (Å²) in [6.45, 7) is 6.74. The van der Waals surface area contributed by atoms with Crippen LogP contribution in [0.15, 0.2) is 10.5 Å². The summed E-state index contributed by atoms with van der Waals surface area (Å²) in [6, 6.07) is 2.18. The van der Waals surface area contributed by atoms with Crippen LogP contribution in [-0.4, -0.2) is 19.8 Å². The number of nitrogens with one attached hydrogen (secondary N) is 1. The van der Waals surface area contributed by atoms with Crippen molar-refractivity contribution < 1.29 is 9.47 Å². The summed E-state index contributed by atoms with van der Waals surface area (Å²) in [5, 5.41) is 3.61. The molecule has 0 bridgehead atoms. The van der Waals surface area contributed by atoms with Crippen LogP contribution in [0.2, 0.25) is 0 Å². The number of halogens is 1. The third kappa shape index (κ3) is 1.82. The van der Waals surface area contributed by atoms with Crippen molar-refractivity contribution in [3.8, 4) is 11.5 Å². The lowest BCUT2D eigenvalue weighted by molar-refractivity contribution is 0.168. The van der Waals surface area contributed by atoms with E-state index in [1.54, 1.807) is 0 Å². The van der Waals surface area contributed by atoms with Crippen molar-refractivity contribution in [1.29, 1.82) is 0 Å². The molecular formula is C14H18BrNO2. The first-order valence-electron chi connectivity index (χ1n) is 6.46. The van der Waals surface area contributed by atoms with Gasteiger partial charge < -0.3 is 14.8 Å². The molecule has 1 unspecified atom stereocenters. The van der Waals surface area contributed by atoms with Gasteiger partial charge in [0.1, 0.15) is 13.2 Å². The Kier molecular flexibility index (Phi) is 3.02. The maximum absolute atomic E-state index is 5.80. The molecular weight excluding hydrogens is 294 g/mol. The average molecular weight is 312 g/mol. The third-order valence-electron chi connectivity index (χ3n) is 3.98. The Labute approximate surface area is 116 Å². The second-order valence-corrected chi connectivity index (χ2v) is 6.10. The fourth-order valence-corrected chi connectivity index (χ4v) is 3.52. The molecule has 1 N–H and O–H groups in total. The summed E-state index contributed by atoms with van der Waals surface area (Å²) in [4.78, 5) is 0. The van der Waals surface area contributed by atoms with Crippen molar-refractivity contribution in [2.24, 2.45) is 0 Å². The normalized spacial score (nSPS) is 26.4. The molecule has 1 fully saturated rings. The SMILES string of the molecule is Cc1c(C2(C)CCCN2)cc(Br)c2c1OCCO2. The van der Waals surface area contributed by atoms with Crippen LogP contribution in [0.25, 0.3) is 0 Å². The summed E-state index contributed by atoms with van der Waals surface area (Å²) >= 11 is 3.61. The maximum atomic E-state index is 5.80. The highest BCUT2D eigenvalue weighted by Crippen LogP contribution is 2.45. The largest absolute Gasteiger partial charge is 0.486 e. The van der Waals surface area contributed by atoms with Crippen LogP contribution >= 0.6 is 15.9 Å². The average Bonchev–Trinajstić information content (AvgIpc) is 2.82. The van der Waals surface area contributed by atoms with Crippen molar-refractivity contribution in [2.75, 3.05) is 19.8 Å². The zero-order valence-corrected chi connectivity index (χ0v) is 12.4. The minimum absolute atomic E-state index is 0.0580. The fourth-order valence-electron chi connectivity index (χ4n) is 2.99. The molecule has 2 heterocycles. The van der Waals surface area contributed by atoms with Gasteiger partial charge in [0.25, 0.3) is 0 Å². The van der Waals surface area contributed by atoms with Crippen LogP contribution in [0, 0.1) is 6.92 Å². The number of rotatable bonds is 1. The molecule has 0 amide bonds. The van der Waals surface area contributed by atoms with Crippen LogP contribution in [0.1, 0.15) is 30.9 Å². The zero-order chi connectivity index (χ0) is 12.8. The van der Waals surface area contributed by atoms with Gasteiger partial charge in [-0.15, -0.1) is 0 Å². The van der Waals surface area contributed by atoms with E-state index >= 15 is 0 Å². The van der Waals surface area contributed by atoms with Crippen LogP contribution < -0.4 is 14.8 Å². The molecule has 1 aromatic rings. The Morgan fingerprint density at radius 1 is 1.28 bits per heavy atom. The van der Waals surface area contributed by atoms with Gasteiger partial charge >= 0.3 is 0 Å². The molecule has 3 rings (SSSR count). The van der Waals surface area contributed by atoms with Crippen LogP contribution in [0.4, 0.5) is 0 Å². The Bertz CT molecular complexity index is 481. The first-order chi connectivity index (χ1) is 8.62. The third-order valence-corrected chi connectivity index (χ3v) is 4.57. The lowest BCUT2D eigenvalue weighted by Gasteiger charge is -2.30. The molecule has 1 atom stereocenters. The molecule has 0 spiro atoms. The van der Waals surface area contributed by atoms with Gasteiger partial charge in [-0.1, -0.05) is 0 Å². The number of hydrogen-bond acceptors (Lipinski definition) is 3. The number of benzene rings is 1. The molecule has 3 nitrogen and oxygen atoms in total. The lowest BCUT2D eigenvalue weighted by Crippen LogP contribution is -2.34. The van der Waals surface area contributed by atoms with Crippen LogP contribution in [0.3, 0.4) is 0 Å². The first-order valence-corrected chi connectivity index (χ1v) is 7.25. The van der Waals surface area contributed by atoms with Crippen molar-refractivity contribution >= 4 is 15.9 Å². The predicted molar refractivity (Wildman–Crippen MR) is 74.5 cm³/mol. The van der Waals surface area contributed by atoms with E-state index in [0.717, 1.165) is 22.5 Å². The van der Waals surface area contributed by atoms with Crippen molar-refractivity contribution in [3.05, 3.63) is 21.7 Å². The van der Waals surface area contributed by atoms with E-state index in [1.165, 1.54) is 24.0 Å². The molecule has 0 saturated carbocycles. The van der Waals surface area contributed by atoms with Gasteiger partial charge in [-0.2, -0.15) is 0 Å². The van der Waals surface area contributed by atoms with Crippen molar-refractivity contribution in [1.82, 2.24) is 5.32 Å². The Morgan fingerprint density at radius 3 is 2.67 bits per heavy atom. The van der Waals surface area contributed by atoms with Gasteiger partial charge in [0.05, 0.1) is 4.47 Å². The standard InChI is InChI=1S/C14H18BrNO2/c1-9-10(14(2)4-3-5-16-14)8-11(15)13-12(9)17-6-7-18-13/h8,16H,3-7H2,1-2H3. The monoisotopic (exact) mass is 311 g/mol.